The molecule has 2 N–H and O–H groups in total. The lowest BCUT2D eigenvalue weighted by atomic mass is 10.2. The topological polar surface area (TPSA) is 64.7 Å². The first-order chi connectivity index (χ1) is 8.72. The minimum Gasteiger partial charge on any atom is -0.399 e. The maximum atomic E-state index is 5.75. The zero-order valence-electron chi connectivity index (χ0n) is 9.62. The summed E-state index contributed by atoms with van der Waals surface area (Å²) in [6, 6.07) is 5.67. The van der Waals surface area contributed by atoms with Crippen molar-refractivity contribution in [3.63, 3.8) is 0 Å². The van der Waals surface area contributed by atoms with Gasteiger partial charge in [-0.3, -0.25) is 0 Å². The van der Waals surface area contributed by atoms with Gasteiger partial charge >= 0.3 is 0 Å². The van der Waals surface area contributed by atoms with Crippen LogP contribution in [0.15, 0.2) is 39.3 Å². The summed E-state index contributed by atoms with van der Waals surface area (Å²) in [7, 11) is 0. The molecule has 3 aromatic rings. The lowest BCUT2D eigenvalue weighted by Crippen LogP contribution is -1.89. The molecule has 0 bridgehead atoms. The molecule has 0 amide bonds. The van der Waals surface area contributed by atoms with E-state index in [1.165, 1.54) is 0 Å². The number of thiazole rings is 1. The summed E-state index contributed by atoms with van der Waals surface area (Å²) in [5.74, 6) is 0. The monoisotopic (exact) mass is 274 g/mol. The Kier molecular flexibility index (Phi) is 2.89. The largest absolute Gasteiger partial charge is 0.399 e. The molecule has 0 saturated heterocycles. The molecule has 2 aromatic heterocycles. The zero-order chi connectivity index (χ0) is 12.5. The molecule has 0 spiro atoms. The number of nitrogen functional groups attached to an aromatic ring is 1. The predicted octanol–water partition coefficient (Wildman–Crippen LogP) is 3.13. The van der Waals surface area contributed by atoms with Crippen LogP contribution < -0.4 is 5.73 Å². The van der Waals surface area contributed by atoms with E-state index >= 15 is 0 Å². The smallest absolute Gasteiger partial charge is 0.156 e. The Morgan fingerprint density at radius 2 is 2.17 bits per heavy atom. The molecule has 0 aliphatic carbocycles. The third-order valence-electron chi connectivity index (χ3n) is 2.41. The van der Waals surface area contributed by atoms with Crippen LogP contribution in [-0.2, 0) is 0 Å². The SMILES string of the molecule is Cc1csc(Sc2ncnc3cc(N)ccc23)n1. The lowest BCUT2D eigenvalue weighted by Gasteiger charge is -2.03. The van der Waals surface area contributed by atoms with Crippen LogP contribution >= 0.6 is 23.1 Å². The fraction of sp³-hybridized carbons (Fsp3) is 0.0833. The first-order valence-electron chi connectivity index (χ1n) is 5.32. The van der Waals surface area contributed by atoms with Crippen molar-refractivity contribution < 1.29 is 0 Å². The van der Waals surface area contributed by atoms with Crippen LogP contribution in [0.1, 0.15) is 5.69 Å². The Hall–Kier alpha value is -1.66. The van der Waals surface area contributed by atoms with Crippen LogP contribution in [0.4, 0.5) is 5.69 Å². The third kappa shape index (κ3) is 2.16. The quantitative estimate of drug-likeness (QED) is 0.574. The van der Waals surface area contributed by atoms with Crippen molar-refractivity contribution in [2.75, 3.05) is 5.73 Å². The number of hydrogen-bond acceptors (Lipinski definition) is 6. The number of aryl methyl sites for hydroxylation is 1. The van der Waals surface area contributed by atoms with Crippen LogP contribution in [0, 0.1) is 6.92 Å². The average molecular weight is 274 g/mol. The van der Waals surface area contributed by atoms with Gasteiger partial charge in [0.15, 0.2) is 4.34 Å². The molecule has 0 radical (unpaired) electrons. The minimum atomic E-state index is 0.710. The molecule has 1 aromatic carbocycles. The molecule has 18 heavy (non-hydrogen) atoms. The Labute approximate surface area is 112 Å². The fourth-order valence-electron chi connectivity index (χ4n) is 1.59. The summed E-state index contributed by atoms with van der Waals surface area (Å²) in [5.41, 5.74) is 8.36. The van der Waals surface area contributed by atoms with E-state index in [0.717, 1.165) is 26.0 Å². The van der Waals surface area contributed by atoms with Gasteiger partial charge in [0, 0.05) is 22.1 Å². The Bertz CT molecular complexity index is 708. The molecule has 0 fully saturated rings. The highest BCUT2D eigenvalue weighted by Gasteiger charge is 2.08. The van der Waals surface area contributed by atoms with E-state index in [1.54, 1.807) is 29.4 Å². The second kappa shape index (κ2) is 4.55. The number of rotatable bonds is 2. The molecule has 0 saturated carbocycles. The normalized spacial score (nSPS) is 10.9. The number of nitrogens with zero attached hydrogens (tertiary/aromatic N) is 3. The van der Waals surface area contributed by atoms with E-state index in [9.17, 15) is 0 Å². The minimum absolute atomic E-state index is 0.710. The van der Waals surface area contributed by atoms with Gasteiger partial charge in [-0.1, -0.05) is 0 Å². The molecule has 90 valence electrons. The van der Waals surface area contributed by atoms with Crippen molar-refractivity contribution in [1.82, 2.24) is 15.0 Å². The average Bonchev–Trinajstić information content (AvgIpc) is 2.75. The van der Waals surface area contributed by atoms with Crippen LogP contribution in [0.3, 0.4) is 0 Å². The van der Waals surface area contributed by atoms with Gasteiger partial charge in [-0.2, -0.15) is 0 Å². The molecule has 2 heterocycles. The number of benzene rings is 1. The first kappa shape index (κ1) is 11.4. The number of anilines is 1. The molecular formula is C12H10N4S2. The van der Waals surface area contributed by atoms with Crippen LogP contribution in [-0.4, -0.2) is 15.0 Å². The van der Waals surface area contributed by atoms with E-state index in [2.05, 4.69) is 15.0 Å². The van der Waals surface area contributed by atoms with Crippen molar-refractivity contribution in [1.29, 1.82) is 0 Å². The highest BCUT2D eigenvalue weighted by atomic mass is 32.2. The molecule has 3 rings (SSSR count). The van der Waals surface area contributed by atoms with Crippen LogP contribution in [0.25, 0.3) is 10.9 Å². The van der Waals surface area contributed by atoms with E-state index in [4.69, 9.17) is 5.73 Å². The molecule has 0 aliphatic rings. The third-order valence-corrected chi connectivity index (χ3v) is 4.48. The van der Waals surface area contributed by atoms with Crippen molar-refractivity contribution >= 4 is 39.7 Å². The lowest BCUT2D eigenvalue weighted by molar-refractivity contribution is 1.09. The molecule has 4 nitrogen and oxygen atoms in total. The number of fused-ring (bicyclic) bond motifs is 1. The van der Waals surface area contributed by atoms with E-state index in [1.807, 2.05) is 30.5 Å². The number of aromatic nitrogens is 3. The fourth-order valence-corrected chi connectivity index (χ4v) is 3.42. The van der Waals surface area contributed by atoms with Crippen LogP contribution in [0.5, 0.6) is 0 Å². The standard InChI is InChI=1S/C12H10N4S2/c1-7-5-17-12(16-7)18-11-9-3-2-8(13)4-10(9)14-6-15-11/h2-6H,13H2,1H3. The highest BCUT2D eigenvalue weighted by Crippen LogP contribution is 2.33. The summed E-state index contributed by atoms with van der Waals surface area (Å²) in [4.78, 5) is 13.0. The van der Waals surface area contributed by atoms with E-state index < -0.39 is 0 Å². The van der Waals surface area contributed by atoms with Crippen molar-refractivity contribution in [2.45, 2.75) is 16.3 Å². The Morgan fingerprint density at radius 3 is 2.94 bits per heavy atom. The summed E-state index contributed by atoms with van der Waals surface area (Å²) in [6.45, 7) is 1.99. The van der Waals surface area contributed by atoms with Crippen LogP contribution in [0.2, 0.25) is 0 Å². The Balaban J connectivity index is 2.06. The van der Waals surface area contributed by atoms with Gasteiger partial charge in [0.2, 0.25) is 0 Å². The van der Waals surface area contributed by atoms with Gasteiger partial charge in [-0.15, -0.1) is 11.3 Å². The van der Waals surface area contributed by atoms with Crippen molar-refractivity contribution in [2.24, 2.45) is 0 Å². The van der Waals surface area contributed by atoms with Gasteiger partial charge in [0.1, 0.15) is 11.4 Å². The maximum Gasteiger partial charge on any atom is 0.156 e. The summed E-state index contributed by atoms with van der Waals surface area (Å²) < 4.78 is 0.990. The van der Waals surface area contributed by atoms with E-state index in [-0.39, 0.29) is 0 Å². The maximum absolute atomic E-state index is 5.75. The van der Waals surface area contributed by atoms with Gasteiger partial charge in [-0.05, 0) is 36.9 Å². The number of nitrogens with two attached hydrogens (primary N) is 1. The zero-order valence-corrected chi connectivity index (χ0v) is 11.3. The molecule has 0 atom stereocenters. The molecule has 6 heteroatoms. The van der Waals surface area contributed by atoms with Gasteiger partial charge in [0.25, 0.3) is 0 Å². The molecule has 0 aliphatic heterocycles. The van der Waals surface area contributed by atoms with E-state index in [0.29, 0.717) is 5.69 Å². The Morgan fingerprint density at radius 1 is 1.28 bits per heavy atom. The van der Waals surface area contributed by atoms with Crippen molar-refractivity contribution in [3.8, 4) is 0 Å². The molecular weight excluding hydrogens is 264 g/mol. The number of hydrogen-bond donors (Lipinski definition) is 1. The molecule has 0 unspecified atom stereocenters. The van der Waals surface area contributed by atoms with Gasteiger partial charge < -0.3 is 5.73 Å². The summed E-state index contributed by atoms with van der Waals surface area (Å²) in [5, 5.41) is 3.95. The van der Waals surface area contributed by atoms with Gasteiger partial charge in [-0.25, -0.2) is 15.0 Å². The second-order valence-corrected chi connectivity index (χ2v) is 5.91. The highest BCUT2D eigenvalue weighted by molar-refractivity contribution is 8.01. The second-order valence-electron chi connectivity index (χ2n) is 3.81. The predicted molar refractivity (Wildman–Crippen MR) is 74.9 cm³/mol. The first-order valence-corrected chi connectivity index (χ1v) is 7.02. The summed E-state index contributed by atoms with van der Waals surface area (Å²) in [6.07, 6.45) is 1.56. The van der Waals surface area contributed by atoms with Crippen molar-refractivity contribution in [3.05, 3.63) is 35.6 Å². The summed E-state index contributed by atoms with van der Waals surface area (Å²) >= 11 is 3.18. The van der Waals surface area contributed by atoms with Gasteiger partial charge in [0.05, 0.1) is 5.52 Å².